The molecule has 2 aromatic carbocycles. The van der Waals surface area contributed by atoms with Gasteiger partial charge in [0.15, 0.2) is 0 Å². The average Bonchev–Trinajstić information content (AvgIpc) is 2.89. The zero-order valence-electron chi connectivity index (χ0n) is 14.7. The third-order valence-corrected chi connectivity index (χ3v) is 4.30. The number of ether oxygens (including phenoxy) is 1. The third kappa shape index (κ3) is 3.50. The number of nitrogens with one attached hydrogen (secondary N) is 1. The van der Waals surface area contributed by atoms with Gasteiger partial charge in [0, 0.05) is 25.8 Å². The van der Waals surface area contributed by atoms with E-state index in [0.717, 1.165) is 16.0 Å². The maximum atomic E-state index is 12.4. The maximum Gasteiger partial charge on any atom is 0.261 e. The van der Waals surface area contributed by atoms with Crippen molar-refractivity contribution in [1.82, 2.24) is 10.2 Å². The van der Waals surface area contributed by atoms with E-state index >= 15 is 0 Å². The van der Waals surface area contributed by atoms with E-state index in [1.54, 1.807) is 6.07 Å². The molecule has 0 atom stereocenters. The van der Waals surface area contributed by atoms with Gasteiger partial charge >= 0.3 is 0 Å². The lowest BCUT2D eigenvalue weighted by molar-refractivity contribution is 0.0693. The van der Waals surface area contributed by atoms with E-state index in [1.807, 2.05) is 31.2 Å². The quantitative estimate of drug-likeness (QED) is 0.810. The Bertz CT molecular complexity index is 859. The average molecular weight is 352 g/mol. The van der Waals surface area contributed by atoms with E-state index < -0.39 is 0 Å². The Labute approximate surface area is 151 Å². The number of hydrogen-bond donors (Lipinski definition) is 1. The zero-order chi connectivity index (χ0) is 18.7. The summed E-state index contributed by atoms with van der Waals surface area (Å²) < 4.78 is 5.35. The molecular weight excluding hydrogens is 332 g/mol. The van der Waals surface area contributed by atoms with Crippen LogP contribution in [0.4, 0.5) is 0 Å². The van der Waals surface area contributed by atoms with Gasteiger partial charge in [-0.2, -0.15) is 0 Å². The monoisotopic (exact) mass is 352 g/mol. The number of carbonyl (C=O) groups is 3. The molecule has 3 rings (SSSR count). The summed E-state index contributed by atoms with van der Waals surface area (Å²) in [5.41, 5.74) is 3.00. The maximum absolute atomic E-state index is 12.4. The molecule has 0 bridgehead atoms. The zero-order valence-corrected chi connectivity index (χ0v) is 14.7. The van der Waals surface area contributed by atoms with Crippen molar-refractivity contribution in [1.29, 1.82) is 0 Å². The number of hydrogen-bond acceptors (Lipinski definition) is 4. The van der Waals surface area contributed by atoms with Crippen molar-refractivity contribution in [3.8, 4) is 0 Å². The minimum Gasteiger partial charge on any atom is -0.377 e. The fourth-order valence-electron chi connectivity index (χ4n) is 2.76. The largest absolute Gasteiger partial charge is 0.377 e. The second-order valence-corrected chi connectivity index (χ2v) is 6.07. The molecule has 0 radical (unpaired) electrons. The second-order valence-electron chi connectivity index (χ2n) is 6.07. The van der Waals surface area contributed by atoms with Crippen LogP contribution >= 0.6 is 0 Å². The van der Waals surface area contributed by atoms with Crippen molar-refractivity contribution in [2.45, 2.75) is 20.1 Å². The Kier molecular flexibility index (Phi) is 5.14. The van der Waals surface area contributed by atoms with E-state index in [2.05, 4.69) is 5.32 Å². The second kappa shape index (κ2) is 7.49. The van der Waals surface area contributed by atoms with Crippen LogP contribution in [0, 0.1) is 0 Å². The van der Waals surface area contributed by atoms with Gasteiger partial charge in [-0.25, -0.2) is 0 Å². The molecule has 0 aliphatic carbocycles. The van der Waals surface area contributed by atoms with E-state index in [-0.39, 0.29) is 23.3 Å². The fraction of sp³-hybridized carbons (Fsp3) is 0.250. The molecule has 26 heavy (non-hydrogen) atoms. The van der Waals surface area contributed by atoms with Crippen LogP contribution in [0.25, 0.3) is 0 Å². The first-order chi connectivity index (χ1) is 12.5. The van der Waals surface area contributed by atoms with Crippen molar-refractivity contribution >= 4 is 17.7 Å². The minimum atomic E-state index is -0.385. The predicted octanol–water partition coefficient (Wildman–Crippen LogP) is 2.38. The van der Waals surface area contributed by atoms with Gasteiger partial charge in [0.1, 0.15) is 0 Å². The normalized spacial score (nSPS) is 13.1. The van der Waals surface area contributed by atoms with E-state index in [1.165, 1.54) is 19.2 Å². The standard InChI is InChI=1S/C20H20N2O4/c1-3-26-12-14-6-4-13(5-7-14)11-21-18(23)15-8-9-16-17(10-15)20(25)22(2)19(16)24/h4-10H,3,11-12H2,1-2H3,(H,21,23). The molecule has 0 spiro atoms. The fourth-order valence-corrected chi connectivity index (χ4v) is 2.76. The molecule has 0 saturated heterocycles. The van der Waals surface area contributed by atoms with E-state index in [0.29, 0.717) is 30.9 Å². The van der Waals surface area contributed by atoms with Crippen LogP contribution in [0.3, 0.4) is 0 Å². The summed E-state index contributed by atoms with van der Waals surface area (Å²) in [6.07, 6.45) is 0. The van der Waals surface area contributed by atoms with Crippen LogP contribution in [0.2, 0.25) is 0 Å². The number of benzene rings is 2. The van der Waals surface area contributed by atoms with Crippen LogP contribution in [0.5, 0.6) is 0 Å². The molecule has 1 N–H and O–H groups in total. The summed E-state index contributed by atoms with van der Waals surface area (Å²) >= 11 is 0. The first-order valence-corrected chi connectivity index (χ1v) is 8.41. The van der Waals surface area contributed by atoms with Gasteiger partial charge in [0.25, 0.3) is 17.7 Å². The topological polar surface area (TPSA) is 75.7 Å². The Morgan fingerprint density at radius 3 is 2.35 bits per heavy atom. The summed E-state index contributed by atoms with van der Waals surface area (Å²) in [7, 11) is 1.43. The number of carbonyl (C=O) groups excluding carboxylic acids is 3. The summed E-state index contributed by atoms with van der Waals surface area (Å²) in [6, 6.07) is 12.4. The van der Waals surface area contributed by atoms with Crippen molar-refractivity contribution in [2.24, 2.45) is 0 Å². The predicted molar refractivity (Wildman–Crippen MR) is 95.8 cm³/mol. The molecule has 0 saturated carbocycles. The lowest BCUT2D eigenvalue weighted by atomic mass is 10.1. The Morgan fingerprint density at radius 2 is 1.65 bits per heavy atom. The molecule has 134 valence electrons. The molecule has 1 heterocycles. The minimum absolute atomic E-state index is 0.269. The lowest BCUT2D eigenvalue weighted by Gasteiger charge is -2.07. The van der Waals surface area contributed by atoms with Gasteiger partial charge in [-0.05, 0) is 36.2 Å². The van der Waals surface area contributed by atoms with E-state index in [4.69, 9.17) is 4.74 Å². The third-order valence-electron chi connectivity index (χ3n) is 4.30. The van der Waals surface area contributed by atoms with Gasteiger partial charge < -0.3 is 10.1 Å². The van der Waals surface area contributed by atoms with Crippen LogP contribution in [-0.2, 0) is 17.9 Å². The van der Waals surface area contributed by atoms with Crippen molar-refractivity contribution in [3.63, 3.8) is 0 Å². The molecule has 0 unspecified atom stereocenters. The summed E-state index contributed by atoms with van der Waals surface area (Å²) in [5, 5.41) is 2.83. The molecule has 2 aromatic rings. The summed E-state index contributed by atoms with van der Waals surface area (Å²) in [5.74, 6) is -1.02. The number of fused-ring (bicyclic) bond motifs is 1. The highest BCUT2D eigenvalue weighted by Crippen LogP contribution is 2.22. The molecule has 0 aromatic heterocycles. The number of nitrogens with zero attached hydrogens (tertiary/aromatic N) is 1. The molecule has 6 heteroatoms. The smallest absolute Gasteiger partial charge is 0.261 e. The van der Waals surface area contributed by atoms with Crippen LogP contribution in [0.15, 0.2) is 42.5 Å². The van der Waals surface area contributed by atoms with Crippen LogP contribution in [-0.4, -0.2) is 36.3 Å². The number of imide groups is 1. The van der Waals surface area contributed by atoms with E-state index in [9.17, 15) is 14.4 Å². The Hall–Kier alpha value is -2.99. The first-order valence-electron chi connectivity index (χ1n) is 8.41. The van der Waals surface area contributed by atoms with Gasteiger partial charge in [-0.3, -0.25) is 19.3 Å². The van der Waals surface area contributed by atoms with Gasteiger partial charge in [0.05, 0.1) is 17.7 Å². The highest BCUT2D eigenvalue weighted by molar-refractivity contribution is 6.21. The van der Waals surface area contributed by atoms with Crippen molar-refractivity contribution in [2.75, 3.05) is 13.7 Å². The van der Waals surface area contributed by atoms with Crippen LogP contribution < -0.4 is 5.32 Å². The first kappa shape index (κ1) is 17.8. The van der Waals surface area contributed by atoms with Crippen LogP contribution in [0.1, 0.15) is 49.1 Å². The SMILES string of the molecule is CCOCc1ccc(CNC(=O)c2ccc3c(c2)C(=O)N(C)C3=O)cc1. The number of rotatable bonds is 6. The highest BCUT2D eigenvalue weighted by Gasteiger charge is 2.33. The van der Waals surface area contributed by atoms with Gasteiger partial charge in [-0.15, -0.1) is 0 Å². The summed E-state index contributed by atoms with van der Waals surface area (Å²) in [4.78, 5) is 37.3. The van der Waals surface area contributed by atoms with Crippen molar-refractivity contribution in [3.05, 3.63) is 70.3 Å². The Balaban J connectivity index is 1.64. The highest BCUT2D eigenvalue weighted by atomic mass is 16.5. The summed E-state index contributed by atoms with van der Waals surface area (Å²) in [6.45, 7) is 3.56. The van der Waals surface area contributed by atoms with Gasteiger partial charge in [-0.1, -0.05) is 24.3 Å². The Morgan fingerprint density at radius 1 is 1.00 bits per heavy atom. The molecule has 1 aliphatic heterocycles. The van der Waals surface area contributed by atoms with Gasteiger partial charge in [0.2, 0.25) is 0 Å². The molecule has 0 fully saturated rings. The lowest BCUT2D eigenvalue weighted by Crippen LogP contribution is -2.24. The molecule has 1 aliphatic rings. The van der Waals surface area contributed by atoms with Crippen molar-refractivity contribution < 1.29 is 19.1 Å². The molecule has 3 amide bonds. The molecular formula is C20H20N2O4. The number of amides is 3. The molecule has 6 nitrogen and oxygen atoms in total.